The highest BCUT2D eigenvalue weighted by Gasteiger charge is 2.33. The van der Waals surface area contributed by atoms with E-state index in [-0.39, 0.29) is 19.0 Å². The second kappa shape index (κ2) is 4.25. The summed E-state index contributed by atoms with van der Waals surface area (Å²) in [5.41, 5.74) is 7.55. The normalized spacial score (nSPS) is 23.2. The van der Waals surface area contributed by atoms with Gasteiger partial charge in [0, 0.05) is 18.5 Å². The van der Waals surface area contributed by atoms with Crippen LogP contribution < -0.4 is 5.73 Å². The number of rotatable bonds is 1. The lowest BCUT2D eigenvalue weighted by molar-refractivity contribution is 0.0572. The molecule has 2 unspecified atom stereocenters. The predicted octanol–water partition coefficient (Wildman–Crippen LogP) is -0.0723. The number of aromatic amines is 1. The zero-order chi connectivity index (χ0) is 13.6. The number of benzene rings is 1. The van der Waals surface area contributed by atoms with Crippen LogP contribution in [0.5, 0.6) is 0 Å². The Morgan fingerprint density at radius 3 is 2.63 bits per heavy atom. The number of aliphatic hydroxyl groups excluding tert-OH is 2. The van der Waals surface area contributed by atoms with Crippen LogP contribution in [0.2, 0.25) is 0 Å². The lowest BCUT2D eigenvalue weighted by Gasteiger charge is -2.13. The number of carbonyl (C=O) groups excluding carboxylic acids is 1. The molecule has 0 radical (unpaired) electrons. The summed E-state index contributed by atoms with van der Waals surface area (Å²) in [4.78, 5) is 16.7. The van der Waals surface area contributed by atoms with Crippen molar-refractivity contribution in [2.45, 2.75) is 12.2 Å². The minimum absolute atomic E-state index is 0.144. The molecule has 2 aromatic rings. The number of nitrogens with one attached hydrogen (secondary N) is 1. The molecule has 1 aromatic carbocycles. The molecule has 0 saturated carbocycles. The van der Waals surface area contributed by atoms with E-state index in [9.17, 15) is 15.0 Å². The second-order valence-corrected chi connectivity index (χ2v) is 4.84. The number of β-amino-alcohol motifs (C(OH)–C–C–N with tert-alkyl or cyclic N) is 2. The molecule has 1 amide bonds. The molecule has 3 rings (SSSR count). The lowest BCUT2D eigenvalue weighted by Crippen LogP contribution is -2.30. The van der Waals surface area contributed by atoms with Crippen molar-refractivity contribution < 1.29 is 15.0 Å². The highest BCUT2D eigenvalue weighted by molar-refractivity contribution is 6.00. The summed E-state index contributed by atoms with van der Waals surface area (Å²) in [7, 11) is 0. The summed E-state index contributed by atoms with van der Waals surface area (Å²) in [5, 5.41) is 19.8. The smallest absolute Gasteiger partial charge is 0.270 e. The fourth-order valence-electron chi connectivity index (χ4n) is 2.40. The Labute approximate surface area is 109 Å². The number of aliphatic hydroxyl groups is 2. The van der Waals surface area contributed by atoms with Gasteiger partial charge in [-0.05, 0) is 12.1 Å². The van der Waals surface area contributed by atoms with Crippen LogP contribution in [0.1, 0.15) is 10.5 Å². The van der Waals surface area contributed by atoms with Gasteiger partial charge in [0.25, 0.3) is 5.91 Å². The molecule has 2 heterocycles. The number of carbonyl (C=O) groups is 1. The van der Waals surface area contributed by atoms with Crippen LogP contribution in [0.25, 0.3) is 10.9 Å². The first-order chi connectivity index (χ1) is 9.06. The Kier molecular flexibility index (Phi) is 2.69. The largest absolute Gasteiger partial charge is 0.397 e. The molecule has 2 atom stereocenters. The van der Waals surface area contributed by atoms with Crippen molar-refractivity contribution in [1.82, 2.24) is 9.88 Å². The molecule has 1 aromatic heterocycles. The SMILES string of the molecule is Nc1cccc2cc(C(=O)N3CC(O)C(O)C3)[nH]c12. The van der Waals surface area contributed by atoms with Crippen molar-refractivity contribution in [1.29, 1.82) is 0 Å². The van der Waals surface area contributed by atoms with Gasteiger partial charge in [-0.25, -0.2) is 0 Å². The van der Waals surface area contributed by atoms with Crippen LogP contribution in [0.3, 0.4) is 0 Å². The minimum Gasteiger partial charge on any atom is -0.397 e. The molecule has 1 aliphatic heterocycles. The van der Waals surface area contributed by atoms with E-state index < -0.39 is 12.2 Å². The topological polar surface area (TPSA) is 103 Å². The van der Waals surface area contributed by atoms with Crippen LogP contribution >= 0.6 is 0 Å². The third-order valence-corrected chi connectivity index (χ3v) is 3.47. The molecule has 0 aliphatic carbocycles. The van der Waals surface area contributed by atoms with E-state index in [1.165, 1.54) is 4.90 Å². The van der Waals surface area contributed by atoms with Crippen molar-refractivity contribution in [3.05, 3.63) is 30.0 Å². The third kappa shape index (κ3) is 1.94. The quantitative estimate of drug-likeness (QED) is 0.539. The van der Waals surface area contributed by atoms with Crippen molar-refractivity contribution in [3.8, 4) is 0 Å². The number of amides is 1. The van der Waals surface area contributed by atoms with Gasteiger partial charge in [0.2, 0.25) is 0 Å². The van der Waals surface area contributed by atoms with E-state index in [4.69, 9.17) is 5.73 Å². The molecule has 5 N–H and O–H groups in total. The van der Waals surface area contributed by atoms with Crippen molar-refractivity contribution >= 4 is 22.5 Å². The number of nitrogens with zero attached hydrogens (tertiary/aromatic N) is 1. The first-order valence-corrected chi connectivity index (χ1v) is 6.09. The Balaban J connectivity index is 1.92. The standard InChI is InChI=1S/C13H15N3O3/c14-8-3-1-2-7-4-9(15-12(7)8)13(19)16-5-10(17)11(18)6-16/h1-4,10-11,15,17-18H,5-6,14H2. The summed E-state index contributed by atoms with van der Waals surface area (Å²) in [6, 6.07) is 7.18. The van der Waals surface area contributed by atoms with Crippen LogP contribution in [-0.2, 0) is 0 Å². The van der Waals surface area contributed by atoms with Gasteiger partial charge in [0.15, 0.2) is 0 Å². The van der Waals surface area contributed by atoms with Crippen LogP contribution in [0.15, 0.2) is 24.3 Å². The minimum atomic E-state index is -0.876. The highest BCUT2D eigenvalue weighted by Crippen LogP contribution is 2.23. The number of aromatic nitrogens is 1. The van der Waals surface area contributed by atoms with Gasteiger partial charge in [0.05, 0.1) is 23.4 Å². The lowest BCUT2D eigenvalue weighted by atomic mass is 10.2. The van der Waals surface area contributed by atoms with Crippen LogP contribution in [0, 0.1) is 0 Å². The Hall–Kier alpha value is -2.05. The fraction of sp³-hybridized carbons (Fsp3) is 0.308. The molecular formula is C13H15N3O3. The maximum absolute atomic E-state index is 12.3. The summed E-state index contributed by atoms with van der Waals surface area (Å²) in [6.07, 6.45) is -1.75. The maximum Gasteiger partial charge on any atom is 0.270 e. The maximum atomic E-state index is 12.3. The van der Waals surface area contributed by atoms with Crippen LogP contribution in [0.4, 0.5) is 5.69 Å². The number of hydrogen-bond acceptors (Lipinski definition) is 4. The molecule has 0 bridgehead atoms. The number of fused-ring (bicyclic) bond motifs is 1. The number of anilines is 1. The Morgan fingerprint density at radius 1 is 1.32 bits per heavy atom. The van der Waals surface area contributed by atoms with Crippen LogP contribution in [-0.4, -0.2) is 51.3 Å². The number of para-hydroxylation sites is 1. The molecule has 19 heavy (non-hydrogen) atoms. The number of likely N-dealkylation sites (tertiary alicyclic amines) is 1. The summed E-state index contributed by atoms with van der Waals surface area (Å²) < 4.78 is 0. The van der Waals surface area contributed by atoms with E-state index in [2.05, 4.69) is 4.98 Å². The summed E-state index contributed by atoms with van der Waals surface area (Å²) in [5.74, 6) is -0.244. The number of H-pyrrole nitrogens is 1. The second-order valence-electron chi connectivity index (χ2n) is 4.84. The van der Waals surface area contributed by atoms with Gasteiger partial charge in [-0.1, -0.05) is 12.1 Å². The number of nitrogen functional groups attached to an aromatic ring is 1. The Bertz CT molecular complexity index is 627. The first kappa shape index (κ1) is 12.0. The van der Waals surface area contributed by atoms with Crippen molar-refractivity contribution in [2.24, 2.45) is 0 Å². The van der Waals surface area contributed by atoms with Gasteiger partial charge >= 0.3 is 0 Å². The third-order valence-electron chi connectivity index (χ3n) is 3.47. The van der Waals surface area contributed by atoms with E-state index in [1.807, 2.05) is 12.1 Å². The molecule has 6 nitrogen and oxygen atoms in total. The van der Waals surface area contributed by atoms with Gasteiger partial charge in [-0.15, -0.1) is 0 Å². The van der Waals surface area contributed by atoms with Gasteiger partial charge in [-0.2, -0.15) is 0 Å². The van der Waals surface area contributed by atoms with Gasteiger partial charge in [-0.3, -0.25) is 4.79 Å². The highest BCUT2D eigenvalue weighted by atomic mass is 16.3. The molecule has 1 aliphatic rings. The average molecular weight is 261 g/mol. The molecular weight excluding hydrogens is 246 g/mol. The first-order valence-electron chi connectivity index (χ1n) is 6.09. The summed E-state index contributed by atoms with van der Waals surface area (Å²) >= 11 is 0. The molecule has 1 saturated heterocycles. The fourth-order valence-corrected chi connectivity index (χ4v) is 2.40. The predicted molar refractivity (Wildman–Crippen MR) is 70.6 cm³/mol. The van der Waals surface area contributed by atoms with Gasteiger partial charge in [0.1, 0.15) is 5.69 Å². The monoisotopic (exact) mass is 261 g/mol. The van der Waals surface area contributed by atoms with E-state index in [1.54, 1.807) is 12.1 Å². The zero-order valence-electron chi connectivity index (χ0n) is 10.2. The molecule has 1 fully saturated rings. The van der Waals surface area contributed by atoms with Crippen molar-refractivity contribution in [3.63, 3.8) is 0 Å². The number of nitrogens with two attached hydrogens (primary N) is 1. The summed E-state index contributed by atoms with van der Waals surface area (Å²) in [6.45, 7) is 0.287. The molecule has 100 valence electrons. The van der Waals surface area contributed by atoms with E-state index in [0.29, 0.717) is 11.4 Å². The van der Waals surface area contributed by atoms with Crippen molar-refractivity contribution in [2.75, 3.05) is 18.8 Å². The zero-order valence-corrected chi connectivity index (χ0v) is 10.2. The molecule has 6 heteroatoms. The number of hydrogen-bond donors (Lipinski definition) is 4. The Morgan fingerprint density at radius 2 is 2.00 bits per heavy atom. The average Bonchev–Trinajstić information content (AvgIpc) is 2.94. The molecule has 0 spiro atoms. The van der Waals surface area contributed by atoms with Gasteiger partial charge < -0.3 is 25.8 Å². The van der Waals surface area contributed by atoms with E-state index >= 15 is 0 Å². The van der Waals surface area contributed by atoms with E-state index in [0.717, 1.165) is 10.9 Å².